The first-order chi connectivity index (χ1) is 35.1. The molecule has 6 heterocycles. The maximum atomic E-state index is 13.7. The van der Waals surface area contributed by atoms with Gasteiger partial charge in [0.05, 0.1) is 31.7 Å². The molecule has 426 valence electrons. The van der Waals surface area contributed by atoms with Crippen LogP contribution in [-0.4, -0.2) is 205 Å². The van der Waals surface area contributed by atoms with Gasteiger partial charge in [0.2, 0.25) is 29.5 Å². The van der Waals surface area contributed by atoms with Gasteiger partial charge in [-0.3, -0.25) is 28.8 Å². The third-order valence-corrected chi connectivity index (χ3v) is 12.9. The van der Waals surface area contributed by atoms with Crippen LogP contribution < -0.4 is 31.9 Å². The van der Waals surface area contributed by atoms with Crippen LogP contribution in [0.2, 0.25) is 0 Å². The minimum atomic E-state index is -1.03. The summed E-state index contributed by atoms with van der Waals surface area (Å²) in [6, 6.07) is -2.97. The molecule has 0 aromatic rings. The number of amides is 6. The van der Waals surface area contributed by atoms with Crippen molar-refractivity contribution in [3.8, 4) is 0 Å². The van der Waals surface area contributed by atoms with Crippen LogP contribution in [0.15, 0.2) is 0 Å². The van der Waals surface area contributed by atoms with Gasteiger partial charge in [0.25, 0.3) is 0 Å². The fraction of sp³-hybridized carbons (Fsp3) is 0.854. The topological polar surface area (TPSA) is 321 Å². The first-order valence-corrected chi connectivity index (χ1v) is 25.2. The number of hydrogen-bond donors (Lipinski definition) is 6. The number of fused-ring (bicyclic) bond motifs is 3. The van der Waals surface area contributed by atoms with Crippen LogP contribution >= 0.6 is 0 Å². The standard InChI is InChI=1S/C48H78N6O21/c1-45(2,3)75-44(61)54-25(34-37(65-13)40-43(68-34)74-48(8,9)71-40)22-30(59)50-18-15-27(56)52-23(32-35(63-11)38-41(66-32)72-46(4,5)69-38)20-28(57)49-17-14-26(55)53-24(21-29(58)51-19-16-31(60)62-10)33-36(64-12)39-42(67-33)73-47(6,7)70-39/h23-25,32-43H,14-22H2,1-13H3,(H,49,57)(H,50,59)(H,51,58)(H,52,56)(H,53,55)(H,54,61)/t23-,24-,25-,32-,33-,34-,35+,36+,37+,38-,39-,40-,41-,42-,43-/m1/s1. The fourth-order valence-electron chi connectivity index (χ4n) is 9.91. The molecule has 6 N–H and O–H groups in total. The number of ether oxygens (including phenoxy) is 14. The minimum Gasteiger partial charge on any atom is -0.469 e. The molecular weight excluding hydrogens is 997 g/mol. The molecule has 0 aromatic heterocycles. The molecular formula is C48H78N6O21. The average molecular weight is 1080 g/mol. The van der Waals surface area contributed by atoms with Gasteiger partial charge in [-0.2, -0.15) is 0 Å². The molecule has 15 atom stereocenters. The molecule has 6 rings (SSSR count). The normalized spacial score (nSPS) is 32.0. The van der Waals surface area contributed by atoms with Gasteiger partial charge in [-0.15, -0.1) is 0 Å². The Labute approximate surface area is 436 Å². The minimum absolute atomic E-state index is 0.00578. The second-order valence-electron chi connectivity index (χ2n) is 21.4. The van der Waals surface area contributed by atoms with Gasteiger partial charge < -0.3 is 98.2 Å². The summed E-state index contributed by atoms with van der Waals surface area (Å²) in [5.74, 6) is -6.16. The van der Waals surface area contributed by atoms with Crippen molar-refractivity contribution in [3.63, 3.8) is 0 Å². The number of alkyl carbamates (subject to hydrolysis) is 1. The molecule has 6 aliphatic rings. The number of esters is 1. The summed E-state index contributed by atoms with van der Waals surface area (Å²) < 4.78 is 81.7. The highest BCUT2D eigenvalue weighted by Gasteiger charge is 2.60. The van der Waals surface area contributed by atoms with Crippen molar-refractivity contribution in [2.45, 2.75) is 216 Å². The van der Waals surface area contributed by atoms with Crippen molar-refractivity contribution < 1.29 is 99.9 Å². The molecule has 0 saturated carbocycles. The first-order valence-electron chi connectivity index (χ1n) is 25.2. The van der Waals surface area contributed by atoms with Gasteiger partial charge in [0.15, 0.2) is 36.2 Å². The third-order valence-electron chi connectivity index (χ3n) is 12.9. The molecule has 6 saturated heterocycles. The van der Waals surface area contributed by atoms with Crippen LogP contribution in [0.3, 0.4) is 0 Å². The summed E-state index contributed by atoms with van der Waals surface area (Å²) in [5, 5.41) is 16.5. The van der Waals surface area contributed by atoms with Crippen molar-refractivity contribution in [3.05, 3.63) is 0 Å². The highest BCUT2D eigenvalue weighted by Crippen LogP contribution is 2.42. The van der Waals surface area contributed by atoms with E-state index in [4.69, 9.17) is 61.6 Å². The van der Waals surface area contributed by atoms with Crippen LogP contribution in [0.25, 0.3) is 0 Å². The van der Waals surface area contributed by atoms with E-state index in [1.54, 1.807) is 62.3 Å². The Hall–Kier alpha value is -4.39. The summed E-state index contributed by atoms with van der Waals surface area (Å²) in [5.41, 5.74) is -0.849. The quantitative estimate of drug-likeness (QED) is 0.0657. The predicted molar refractivity (Wildman–Crippen MR) is 254 cm³/mol. The second kappa shape index (κ2) is 24.9. The number of methoxy groups -OCH3 is 4. The molecule has 6 amide bonds. The van der Waals surface area contributed by atoms with E-state index >= 15 is 0 Å². The van der Waals surface area contributed by atoms with Gasteiger partial charge in [-0.05, 0) is 62.3 Å². The van der Waals surface area contributed by atoms with Crippen LogP contribution in [0.5, 0.6) is 0 Å². The lowest BCUT2D eigenvalue weighted by Crippen LogP contribution is -2.53. The van der Waals surface area contributed by atoms with Crippen molar-refractivity contribution in [2.75, 3.05) is 48.1 Å². The Balaban J connectivity index is 1.06. The molecule has 0 radical (unpaired) electrons. The third kappa shape index (κ3) is 16.1. The lowest BCUT2D eigenvalue weighted by molar-refractivity contribution is -0.220. The predicted octanol–water partition coefficient (Wildman–Crippen LogP) is -0.614. The van der Waals surface area contributed by atoms with Gasteiger partial charge in [-0.25, -0.2) is 4.79 Å². The van der Waals surface area contributed by atoms with Crippen molar-refractivity contribution in [1.82, 2.24) is 31.9 Å². The number of nitrogens with one attached hydrogen (secondary N) is 6. The maximum Gasteiger partial charge on any atom is 0.407 e. The van der Waals surface area contributed by atoms with E-state index in [0.717, 1.165) is 0 Å². The molecule has 0 unspecified atom stereocenters. The molecule has 0 aromatic carbocycles. The SMILES string of the molecule is COC(=O)CCNC(=O)C[C@@H](NC(=O)CCNC(=O)C[C@@H](NC(=O)CCNC(=O)C[C@@H](NC(=O)OC(C)(C)C)[C@H]1O[C@@H]2OC(C)(C)O[C@@H]2[C@H]1OC)[C@H]1O[C@@H]2OC(C)(C)O[C@@H]2[C@H]1OC)[C@H]1O[C@@H]2OC(C)(C)O[C@@H]2[C@H]1OC. The Bertz CT molecular complexity index is 2040. The largest absolute Gasteiger partial charge is 0.469 e. The van der Waals surface area contributed by atoms with E-state index in [2.05, 4.69) is 36.6 Å². The maximum absolute atomic E-state index is 13.7. The number of carbonyl (C=O) groups is 7. The zero-order chi connectivity index (χ0) is 55.2. The lowest BCUT2D eigenvalue weighted by Gasteiger charge is -2.31. The zero-order valence-corrected chi connectivity index (χ0v) is 45.1. The molecule has 27 heteroatoms. The second-order valence-corrected chi connectivity index (χ2v) is 21.4. The van der Waals surface area contributed by atoms with E-state index in [-0.39, 0.29) is 58.2 Å². The lowest BCUT2D eigenvalue weighted by atomic mass is 9.99. The molecule has 0 spiro atoms. The van der Waals surface area contributed by atoms with Crippen molar-refractivity contribution >= 4 is 41.6 Å². The Morgan fingerprint density at radius 2 is 0.787 bits per heavy atom. The van der Waals surface area contributed by atoms with Crippen LogP contribution in [-0.2, 0) is 95.1 Å². The van der Waals surface area contributed by atoms with Crippen LogP contribution in [0.1, 0.15) is 101 Å². The van der Waals surface area contributed by atoms with E-state index in [0.29, 0.717) is 0 Å². The average Bonchev–Trinajstić information content (AvgIpc) is 4.11. The fourth-order valence-corrected chi connectivity index (χ4v) is 9.91. The molecule has 6 aliphatic heterocycles. The smallest absolute Gasteiger partial charge is 0.407 e. The summed E-state index contributed by atoms with van der Waals surface area (Å²) >= 11 is 0. The van der Waals surface area contributed by atoms with E-state index in [9.17, 15) is 33.6 Å². The molecule has 27 nitrogen and oxygen atoms in total. The molecule has 75 heavy (non-hydrogen) atoms. The van der Waals surface area contributed by atoms with E-state index < -0.39 is 156 Å². The monoisotopic (exact) mass is 1070 g/mol. The summed E-state index contributed by atoms with van der Waals surface area (Å²) in [6.45, 7) is 15.1. The summed E-state index contributed by atoms with van der Waals surface area (Å²) in [7, 11) is 5.58. The Kier molecular flexibility index (Phi) is 19.9. The molecule has 0 bridgehead atoms. The van der Waals surface area contributed by atoms with Gasteiger partial charge >= 0.3 is 12.1 Å². The highest BCUT2D eigenvalue weighted by atomic mass is 16.9. The summed E-state index contributed by atoms with van der Waals surface area (Å²) in [4.78, 5) is 92.1. The number of rotatable bonds is 24. The van der Waals surface area contributed by atoms with Crippen molar-refractivity contribution in [2.24, 2.45) is 0 Å². The Morgan fingerprint density at radius 3 is 1.09 bits per heavy atom. The van der Waals surface area contributed by atoms with Crippen LogP contribution in [0.4, 0.5) is 4.79 Å². The van der Waals surface area contributed by atoms with E-state index in [1.807, 2.05) is 0 Å². The number of hydrogen-bond acceptors (Lipinski definition) is 21. The number of carbonyl (C=O) groups excluding carboxylic acids is 7. The van der Waals surface area contributed by atoms with Crippen LogP contribution in [0, 0.1) is 0 Å². The summed E-state index contributed by atoms with van der Waals surface area (Å²) in [6.07, 6.45) is -11.9. The van der Waals surface area contributed by atoms with Gasteiger partial charge in [0.1, 0.15) is 60.5 Å². The Morgan fingerprint density at radius 1 is 0.467 bits per heavy atom. The molecule has 6 fully saturated rings. The zero-order valence-electron chi connectivity index (χ0n) is 45.1. The van der Waals surface area contributed by atoms with Crippen molar-refractivity contribution in [1.29, 1.82) is 0 Å². The first kappa shape index (κ1) is 59.8. The molecule has 0 aliphatic carbocycles. The highest BCUT2D eigenvalue weighted by molar-refractivity contribution is 5.83. The van der Waals surface area contributed by atoms with E-state index in [1.165, 1.54) is 28.4 Å². The van der Waals surface area contributed by atoms with Gasteiger partial charge in [-0.1, -0.05) is 0 Å². The van der Waals surface area contributed by atoms with Gasteiger partial charge in [0, 0.05) is 73.1 Å².